The molecule has 1 fully saturated rings. The molecule has 3 N–H and O–H groups in total. The van der Waals surface area contributed by atoms with Gasteiger partial charge in [-0.2, -0.15) is 13.2 Å². The second kappa shape index (κ2) is 7.42. The Balaban J connectivity index is 2.09. The lowest BCUT2D eigenvalue weighted by molar-refractivity contribution is -0.137. The zero-order valence-corrected chi connectivity index (χ0v) is 13.9. The van der Waals surface area contributed by atoms with Crippen molar-refractivity contribution in [1.82, 2.24) is 10.2 Å². The monoisotopic (exact) mass is 343 g/mol. The van der Waals surface area contributed by atoms with Gasteiger partial charge in [0.05, 0.1) is 5.56 Å². The van der Waals surface area contributed by atoms with E-state index in [1.165, 1.54) is 12.1 Å². The normalized spacial score (nSPS) is 18.0. The molecule has 0 radical (unpaired) electrons. The van der Waals surface area contributed by atoms with E-state index >= 15 is 0 Å². The smallest absolute Gasteiger partial charge is 0.351 e. The highest BCUT2D eigenvalue weighted by Crippen LogP contribution is 2.32. The summed E-state index contributed by atoms with van der Waals surface area (Å²) >= 11 is 0. The van der Waals surface area contributed by atoms with Crippen LogP contribution in [0.4, 0.5) is 18.0 Å². The zero-order chi connectivity index (χ0) is 17.9. The minimum absolute atomic E-state index is 0.141. The molecule has 1 saturated heterocycles. The fraction of sp³-hybridized carbons (Fsp3) is 0.588. The van der Waals surface area contributed by atoms with E-state index in [0.717, 1.165) is 18.9 Å². The Kier molecular flexibility index (Phi) is 5.74. The number of nitrogens with one attached hydrogen (secondary N) is 1. The van der Waals surface area contributed by atoms with E-state index in [-0.39, 0.29) is 18.0 Å². The zero-order valence-electron chi connectivity index (χ0n) is 13.9. The number of hydrogen-bond donors (Lipinski definition) is 2. The lowest BCUT2D eigenvalue weighted by atomic mass is 9.92. The maximum absolute atomic E-state index is 12.9. The van der Waals surface area contributed by atoms with Gasteiger partial charge in [-0.15, -0.1) is 0 Å². The molecule has 7 heteroatoms. The van der Waals surface area contributed by atoms with Crippen LogP contribution < -0.4 is 11.1 Å². The standard InChI is InChI=1S/C17H24F3N3O/c1-11(2)15(12-4-3-5-13(10-12)17(18,19)20)22-14-6-8-23(9-7-14)16(21)24/h3-5,10-11,14-15,22H,6-9H2,1-2H3,(H2,21,24)/t15-/m1/s1. The molecule has 0 bridgehead atoms. The molecule has 1 aromatic carbocycles. The minimum Gasteiger partial charge on any atom is -0.351 e. The summed E-state index contributed by atoms with van der Waals surface area (Å²) in [5.41, 5.74) is 5.28. The summed E-state index contributed by atoms with van der Waals surface area (Å²) in [4.78, 5) is 12.8. The number of nitrogens with zero attached hydrogens (tertiary/aromatic N) is 1. The van der Waals surface area contributed by atoms with Gasteiger partial charge in [-0.05, 0) is 36.5 Å². The van der Waals surface area contributed by atoms with Crippen molar-refractivity contribution in [2.24, 2.45) is 11.7 Å². The number of piperidine rings is 1. The Labute approximate surface area is 140 Å². The van der Waals surface area contributed by atoms with Crippen molar-refractivity contribution in [3.05, 3.63) is 35.4 Å². The highest BCUT2D eigenvalue weighted by Gasteiger charge is 2.32. The molecule has 24 heavy (non-hydrogen) atoms. The van der Waals surface area contributed by atoms with Crippen molar-refractivity contribution in [2.75, 3.05) is 13.1 Å². The summed E-state index contributed by atoms with van der Waals surface area (Å²) in [5, 5.41) is 3.46. The van der Waals surface area contributed by atoms with Crippen LogP contribution in [0.1, 0.15) is 43.9 Å². The molecule has 1 aromatic rings. The van der Waals surface area contributed by atoms with Crippen molar-refractivity contribution in [2.45, 2.75) is 44.9 Å². The number of primary amides is 1. The predicted molar refractivity (Wildman–Crippen MR) is 86.3 cm³/mol. The molecular formula is C17H24F3N3O. The Morgan fingerprint density at radius 3 is 2.42 bits per heavy atom. The van der Waals surface area contributed by atoms with E-state index in [9.17, 15) is 18.0 Å². The van der Waals surface area contributed by atoms with Crippen LogP contribution in [0.25, 0.3) is 0 Å². The van der Waals surface area contributed by atoms with E-state index in [0.29, 0.717) is 18.7 Å². The minimum atomic E-state index is -4.34. The molecule has 1 atom stereocenters. The molecule has 1 heterocycles. The lowest BCUT2D eigenvalue weighted by Crippen LogP contribution is -2.48. The number of benzene rings is 1. The number of carbonyl (C=O) groups excluding carboxylic acids is 1. The van der Waals surface area contributed by atoms with Crippen LogP contribution in [0, 0.1) is 5.92 Å². The van der Waals surface area contributed by atoms with E-state index < -0.39 is 17.8 Å². The number of alkyl halides is 3. The Hall–Kier alpha value is -1.76. The number of likely N-dealkylation sites (tertiary alicyclic amines) is 1. The first kappa shape index (κ1) is 18.6. The summed E-state index contributed by atoms with van der Waals surface area (Å²) in [6, 6.07) is 5.05. The van der Waals surface area contributed by atoms with E-state index in [2.05, 4.69) is 5.32 Å². The van der Waals surface area contributed by atoms with Crippen molar-refractivity contribution >= 4 is 6.03 Å². The van der Waals surface area contributed by atoms with Gasteiger partial charge in [0.15, 0.2) is 0 Å². The molecule has 2 amide bonds. The molecule has 0 spiro atoms. The number of hydrogen-bond acceptors (Lipinski definition) is 2. The summed E-state index contributed by atoms with van der Waals surface area (Å²) < 4.78 is 38.8. The maximum atomic E-state index is 12.9. The van der Waals surface area contributed by atoms with Gasteiger partial charge in [-0.25, -0.2) is 4.79 Å². The van der Waals surface area contributed by atoms with Crippen LogP contribution in [0.15, 0.2) is 24.3 Å². The van der Waals surface area contributed by atoms with Gasteiger partial charge in [0.2, 0.25) is 0 Å². The SMILES string of the molecule is CC(C)[C@@H](NC1CCN(C(N)=O)CC1)c1cccc(C(F)(F)F)c1. The molecule has 4 nitrogen and oxygen atoms in total. The van der Waals surface area contributed by atoms with Gasteiger partial charge in [0.1, 0.15) is 0 Å². The molecule has 1 aliphatic rings. The van der Waals surface area contributed by atoms with Crippen molar-refractivity contribution in [1.29, 1.82) is 0 Å². The molecule has 0 unspecified atom stereocenters. The summed E-state index contributed by atoms with van der Waals surface area (Å²) in [6.45, 7) is 5.10. The number of urea groups is 1. The predicted octanol–water partition coefficient (Wildman–Crippen LogP) is 3.54. The van der Waals surface area contributed by atoms with Crippen molar-refractivity contribution in [3.63, 3.8) is 0 Å². The highest BCUT2D eigenvalue weighted by molar-refractivity contribution is 5.72. The van der Waals surface area contributed by atoms with E-state index in [1.807, 2.05) is 13.8 Å². The Bertz CT molecular complexity index is 566. The van der Waals surface area contributed by atoms with E-state index in [1.54, 1.807) is 11.0 Å². The second-order valence-corrected chi connectivity index (χ2v) is 6.61. The quantitative estimate of drug-likeness (QED) is 0.878. The second-order valence-electron chi connectivity index (χ2n) is 6.61. The first-order valence-corrected chi connectivity index (χ1v) is 8.16. The molecular weight excluding hydrogens is 319 g/mol. The number of nitrogens with two attached hydrogens (primary N) is 1. The average molecular weight is 343 g/mol. The van der Waals surface area contributed by atoms with Crippen LogP contribution >= 0.6 is 0 Å². The molecule has 0 saturated carbocycles. The average Bonchev–Trinajstić information content (AvgIpc) is 2.52. The van der Waals surface area contributed by atoms with Crippen LogP contribution in [-0.2, 0) is 6.18 Å². The Morgan fingerprint density at radius 2 is 1.92 bits per heavy atom. The van der Waals surface area contributed by atoms with Crippen LogP contribution in [0.5, 0.6) is 0 Å². The topological polar surface area (TPSA) is 58.4 Å². The van der Waals surface area contributed by atoms with Gasteiger partial charge >= 0.3 is 12.2 Å². The molecule has 1 aliphatic heterocycles. The fourth-order valence-electron chi connectivity index (χ4n) is 3.10. The molecule has 0 aromatic heterocycles. The summed E-state index contributed by atoms with van der Waals surface area (Å²) in [6.07, 6.45) is -2.86. The van der Waals surface area contributed by atoms with Crippen molar-refractivity contribution in [3.8, 4) is 0 Å². The number of halogens is 3. The fourth-order valence-corrected chi connectivity index (χ4v) is 3.10. The third kappa shape index (κ3) is 4.63. The highest BCUT2D eigenvalue weighted by atomic mass is 19.4. The molecule has 2 rings (SSSR count). The Morgan fingerprint density at radius 1 is 1.29 bits per heavy atom. The largest absolute Gasteiger partial charge is 0.416 e. The first-order valence-electron chi connectivity index (χ1n) is 8.16. The molecule has 134 valence electrons. The van der Waals surface area contributed by atoms with Crippen LogP contribution in [0.3, 0.4) is 0 Å². The first-order chi connectivity index (χ1) is 11.2. The van der Waals surface area contributed by atoms with Gasteiger partial charge in [-0.3, -0.25) is 0 Å². The van der Waals surface area contributed by atoms with Gasteiger partial charge in [-0.1, -0.05) is 26.0 Å². The molecule has 0 aliphatic carbocycles. The van der Waals surface area contributed by atoms with Gasteiger partial charge < -0.3 is 16.0 Å². The van der Waals surface area contributed by atoms with Crippen LogP contribution in [0.2, 0.25) is 0 Å². The summed E-state index contributed by atoms with van der Waals surface area (Å²) in [7, 11) is 0. The number of amides is 2. The number of rotatable bonds is 4. The maximum Gasteiger partial charge on any atom is 0.416 e. The van der Waals surface area contributed by atoms with Crippen molar-refractivity contribution < 1.29 is 18.0 Å². The third-order valence-electron chi connectivity index (χ3n) is 4.46. The third-order valence-corrected chi connectivity index (χ3v) is 4.46. The lowest BCUT2D eigenvalue weighted by Gasteiger charge is -2.35. The van der Waals surface area contributed by atoms with Gasteiger partial charge in [0, 0.05) is 25.2 Å². The summed E-state index contributed by atoms with van der Waals surface area (Å²) in [5.74, 6) is 0.141. The number of carbonyl (C=O) groups is 1. The van der Waals surface area contributed by atoms with Gasteiger partial charge in [0.25, 0.3) is 0 Å². The van der Waals surface area contributed by atoms with E-state index in [4.69, 9.17) is 5.73 Å². The van der Waals surface area contributed by atoms with Crippen LogP contribution in [-0.4, -0.2) is 30.1 Å².